The monoisotopic (exact) mass is 361 g/mol. The highest BCUT2D eigenvalue weighted by Gasteiger charge is 2.41. The Morgan fingerprint density at radius 2 is 1.76 bits per heavy atom. The predicted octanol–water partition coefficient (Wildman–Crippen LogP) is 1.59. The first kappa shape index (κ1) is 16.3. The molecule has 2 fully saturated rings. The zero-order valence-corrected chi connectivity index (χ0v) is 14.5. The molecule has 2 aromatic rings. The summed E-state index contributed by atoms with van der Waals surface area (Å²) in [7, 11) is -3.17. The lowest BCUT2D eigenvalue weighted by molar-refractivity contribution is 0.0687. The van der Waals surface area contributed by atoms with Crippen LogP contribution in [0, 0.1) is 0 Å². The van der Waals surface area contributed by atoms with Gasteiger partial charge in [0.15, 0.2) is 11.5 Å². The second-order valence-electron chi connectivity index (χ2n) is 6.38. The highest BCUT2D eigenvalue weighted by atomic mass is 32.2. The van der Waals surface area contributed by atoms with Crippen LogP contribution in [0.25, 0.3) is 11.3 Å². The van der Waals surface area contributed by atoms with Gasteiger partial charge in [0, 0.05) is 37.8 Å². The summed E-state index contributed by atoms with van der Waals surface area (Å²) in [5, 5.41) is 3.67. The number of hydrogen-bond donors (Lipinski definition) is 0. The fraction of sp³-hybridized carbons (Fsp3) is 0.412. The van der Waals surface area contributed by atoms with E-state index in [1.807, 2.05) is 30.3 Å². The summed E-state index contributed by atoms with van der Waals surface area (Å²) in [5.74, 6) is 0.313. The average molecular weight is 361 g/mol. The van der Waals surface area contributed by atoms with Crippen LogP contribution in [0.1, 0.15) is 23.3 Å². The molecule has 0 unspecified atom stereocenters. The predicted molar refractivity (Wildman–Crippen MR) is 91.4 cm³/mol. The third-order valence-corrected chi connectivity index (χ3v) is 7.02. The molecule has 1 aliphatic carbocycles. The second kappa shape index (κ2) is 6.27. The van der Waals surface area contributed by atoms with Crippen LogP contribution in [-0.2, 0) is 10.0 Å². The van der Waals surface area contributed by atoms with Gasteiger partial charge in [0.25, 0.3) is 5.91 Å². The summed E-state index contributed by atoms with van der Waals surface area (Å²) in [4.78, 5) is 14.2. The first-order chi connectivity index (χ1) is 12.1. The van der Waals surface area contributed by atoms with Crippen LogP contribution in [0.5, 0.6) is 0 Å². The van der Waals surface area contributed by atoms with Gasteiger partial charge in [0.05, 0.1) is 5.25 Å². The van der Waals surface area contributed by atoms with Gasteiger partial charge in [-0.25, -0.2) is 8.42 Å². The number of benzene rings is 1. The molecule has 1 aromatic carbocycles. The minimum atomic E-state index is -3.17. The Morgan fingerprint density at radius 1 is 1.08 bits per heavy atom. The Labute approximate surface area is 146 Å². The van der Waals surface area contributed by atoms with Gasteiger partial charge in [-0.15, -0.1) is 0 Å². The van der Waals surface area contributed by atoms with Gasteiger partial charge in [-0.05, 0) is 12.8 Å². The normalized spacial score (nSPS) is 19.1. The largest absolute Gasteiger partial charge is 0.355 e. The molecule has 1 saturated carbocycles. The second-order valence-corrected chi connectivity index (χ2v) is 8.59. The number of carbonyl (C=O) groups is 1. The fourth-order valence-corrected chi connectivity index (χ4v) is 4.82. The van der Waals surface area contributed by atoms with Crippen LogP contribution in [-0.4, -0.2) is 60.1 Å². The maximum atomic E-state index is 12.6. The SMILES string of the molecule is O=C(c1cc(-c2ccccc2)on1)N1CCN(S(=O)(=O)C2CC2)CC1. The highest BCUT2D eigenvalue weighted by molar-refractivity contribution is 7.90. The third kappa shape index (κ3) is 3.19. The van der Waals surface area contributed by atoms with Crippen molar-refractivity contribution in [2.24, 2.45) is 0 Å². The molecular weight excluding hydrogens is 342 g/mol. The van der Waals surface area contributed by atoms with Crippen LogP contribution >= 0.6 is 0 Å². The molecule has 1 aromatic heterocycles. The van der Waals surface area contributed by atoms with Gasteiger partial charge < -0.3 is 9.42 Å². The van der Waals surface area contributed by atoms with Crippen LogP contribution in [0.3, 0.4) is 0 Å². The van der Waals surface area contributed by atoms with Crippen molar-refractivity contribution in [1.29, 1.82) is 0 Å². The van der Waals surface area contributed by atoms with E-state index >= 15 is 0 Å². The molecule has 1 saturated heterocycles. The van der Waals surface area contributed by atoms with E-state index in [0.717, 1.165) is 18.4 Å². The van der Waals surface area contributed by atoms with E-state index in [0.29, 0.717) is 31.9 Å². The van der Waals surface area contributed by atoms with Crippen molar-refractivity contribution in [3.8, 4) is 11.3 Å². The third-order valence-electron chi connectivity index (χ3n) is 4.62. The number of sulfonamides is 1. The molecule has 2 aliphatic rings. The molecule has 132 valence electrons. The number of carbonyl (C=O) groups excluding carboxylic acids is 1. The summed E-state index contributed by atoms with van der Waals surface area (Å²) in [6.45, 7) is 1.43. The lowest BCUT2D eigenvalue weighted by Crippen LogP contribution is -2.51. The summed E-state index contributed by atoms with van der Waals surface area (Å²) < 4.78 is 31.3. The van der Waals surface area contributed by atoms with Gasteiger partial charge in [0.2, 0.25) is 10.0 Å². The van der Waals surface area contributed by atoms with E-state index in [2.05, 4.69) is 5.16 Å². The molecule has 1 amide bonds. The Hall–Kier alpha value is -2.19. The molecule has 0 atom stereocenters. The zero-order valence-electron chi connectivity index (χ0n) is 13.7. The summed E-state index contributed by atoms with van der Waals surface area (Å²) >= 11 is 0. The number of hydrogen-bond acceptors (Lipinski definition) is 5. The van der Waals surface area contributed by atoms with Crippen molar-refractivity contribution in [2.45, 2.75) is 18.1 Å². The quantitative estimate of drug-likeness (QED) is 0.826. The Bertz CT molecular complexity index is 866. The first-order valence-electron chi connectivity index (χ1n) is 8.36. The standard InChI is InChI=1S/C17H19N3O4S/c21-17(15-12-16(24-18-15)13-4-2-1-3-5-13)19-8-10-20(11-9-19)25(22,23)14-6-7-14/h1-5,12,14H,6-11H2. The van der Waals surface area contributed by atoms with Gasteiger partial charge in [0.1, 0.15) is 0 Å². The minimum absolute atomic E-state index is 0.210. The topological polar surface area (TPSA) is 83.7 Å². The van der Waals surface area contributed by atoms with Crippen molar-refractivity contribution >= 4 is 15.9 Å². The van der Waals surface area contributed by atoms with Gasteiger partial charge in [-0.3, -0.25) is 4.79 Å². The van der Waals surface area contributed by atoms with Crippen molar-refractivity contribution in [3.63, 3.8) is 0 Å². The van der Waals surface area contributed by atoms with E-state index in [4.69, 9.17) is 4.52 Å². The molecule has 0 spiro atoms. The maximum absolute atomic E-state index is 12.6. The van der Waals surface area contributed by atoms with Crippen molar-refractivity contribution in [3.05, 3.63) is 42.1 Å². The molecule has 25 heavy (non-hydrogen) atoms. The Morgan fingerprint density at radius 3 is 2.40 bits per heavy atom. The number of aromatic nitrogens is 1. The molecule has 8 heteroatoms. The summed E-state index contributed by atoms with van der Waals surface area (Å²) in [5.41, 5.74) is 1.10. The van der Waals surface area contributed by atoms with E-state index in [9.17, 15) is 13.2 Å². The molecule has 2 heterocycles. The van der Waals surface area contributed by atoms with Gasteiger partial charge in [-0.2, -0.15) is 4.31 Å². The minimum Gasteiger partial charge on any atom is -0.355 e. The Kier molecular flexibility index (Phi) is 4.09. The van der Waals surface area contributed by atoms with Crippen molar-refractivity contribution in [2.75, 3.05) is 26.2 Å². The van der Waals surface area contributed by atoms with Crippen LogP contribution in [0.4, 0.5) is 0 Å². The molecule has 0 N–H and O–H groups in total. The highest BCUT2D eigenvalue weighted by Crippen LogP contribution is 2.31. The van der Waals surface area contributed by atoms with Gasteiger partial charge in [-0.1, -0.05) is 35.5 Å². The van der Waals surface area contributed by atoms with E-state index in [-0.39, 0.29) is 16.9 Å². The number of rotatable bonds is 4. The van der Waals surface area contributed by atoms with Crippen LogP contribution in [0.2, 0.25) is 0 Å². The van der Waals surface area contributed by atoms with Crippen LogP contribution in [0.15, 0.2) is 40.9 Å². The molecule has 4 rings (SSSR count). The average Bonchev–Trinajstić information content (AvgIpc) is 3.40. The fourth-order valence-electron chi connectivity index (χ4n) is 3.00. The molecule has 0 bridgehead atoms. The number of amides is 1. The van der Waals surface area contributed by atoms with Gasteiger partial charge >= 0.3 is 0 Å². The van der Waals surface area contributed by atoms with E-state index in [1.165, 1.54) is 4.31 Å². The lowest BCUT2D eigenvalue weighted by Gasteiger charge is -2.33. The molecule has 1 aliphatic heterocycles. The molecular formula is C17H19N3O4S. The smallest absolute Gasteiger partial charge is 0.276 e. The molecule has 7 nitrogen and oxygen atoms in total. The van der Waals surface area contributed by atoms with Crippen molar-refractivity contribution in [1.82, 2.24) is 14.4 Å². The van der Waals surface area contributed by atoms with E-state index < -0.39 is 10.0 Å². The maximum Gasteiger partial charge on any atom is 0.276 e. The zero-order chi connectivity index (χ0) is 17.4. The van der Waals surface area contributed by atoms with Crippen LogP contribution < -0.4 is 0 Å². The lowest BCUT2D eigenvalue weighted by atomic mass is 10.1. The molecule has 0 radical (unpaired) electrons. The number of nitrogens with zero attached hydrogens (tertiary/aromatic N) is 3. The summed E-state index contributed by atoms with van der Waals surface area (Å²) in [6, 6.07) is 11.1. The first-order valence-corrected chi connectivity index (χ1v) is 9.86. The van der Waals surface area contributed by atoms with E-state index in [1.54, 1.807) is 11.0 Å². The summed E-state index contributed by atoms with van der Waals surface area (Å²) in [6.07, 6.45) is 1.51. The van der Waals surface area contributed by atoms with Crippen molar-refractivity contribution < 1.29 is 17.7 Å². The Balaban J connectivity index is 1.42. The number of piperazine rings is 1.